The van der Waals surface area contributed by atoms with Crippen LogP contribution in [-0.4, -0.2) is 36.2 Å². The van der Waals surface area contributed by atoms with E-state index in [9.17, 15) is 9.90 Å². The highest BCUT2D eigenvalue weighted by Crippen LogP contribution is 2.19. The molecule has 1 amide bonds. The molecule has 0 unspecified atom stereocenters. The SMILES string of the molecule is CCC[C@H](NC)[C@H](O)C(=O)NC1CC1. The quantitative estimate of drug-likeness (QED) is 0.566. The van der Waals surface area contributed by atoms with E-state index in [-0.39, 0.29) is 11.9 Å². The summed E-state index contributed by atoms with van der Waals surface area (Å²) in [5, 5.41) is 15.5. The van der Waals surface area contributed by atoms with Crippen LogP contribution in [0.15, 0.2) is 0 Å². The molecular weight excluding hydrogens is 180 g/mol. The summed E-state index contributed by atoms with van der Waals surface area (Å²) < 4.78 is 0. The van der Waals surface area contributed by atoms with Crippen LogP contribution in [0.25, 0.3) is 0 Å². The molecule has 3 N–H and O–H groups in total. The molecule has 2 atom stereocenters. The lowest BCUT2D eigenvalue weighted by molar-refractivity contribution is -0.131. The maximum absolute atomic E-state index is 11.5. The molecule has 0 aromatic heterocycles. The van der Waals surface area contributed by atoms with Gasteiger partial charge in [0.1, 0.15) is 6.10 Å². The molecule has 0 heterocycles. The highest BCUT2D eigenvalue weighted by molar-refractivity contribution is 5.81. The lowest BCUT2D eigenvalue weighted by Crippen LogP contribution is -2.48. The third-order valence-corrected chi connectivity index (χ3v) is 2.54. The first-order valence-corrected chi connectivity index (χ1v) is 5.34. The number of nitrogens with one attached hydrogen (secondary N) is 2. The Morgan fingerprint density at radius 1 is 1.57 bits per heavy atom. The number of aliphatic hydroxyl groups is 1. The topological polar surface area (TPSA) is 61.4 Å². The van der Waals surface area contributed by atoms with E-state index in [1.54, 1.807) is 7.05 Å². The third-order valence-electron chi connectivity index (χ3n) is 2.54. The summed E-state index contributed by atoms with van der Waals surface area (Å²) >= 11 is 0. The van der Waals surface area contributed by atoms with Crippen LogP contribution < -0.4 is 10.6 Å². The van der Waals surface area contributed by atoms with E-state index in [1.807, 2.05) is 6.92 Å². The maximum atomic E-state index is 11.5. The molecule has 0 saturated heterocycles. The first-order chi connectivity index (χ1) is 6.69. The van der Waals surface area contributed by atoms with Gasteiger partial charge in [-0.25, -0.2) is 0 Å². The lowest BCUT2D eigenvalue weighted by Gasteiger charge is -2.21. The summed E-state index contributed by atoms with van der Waals surface area (Å²) in [4.78, 5) is 11.5. The predicted molar refractivity (Wildman–Crippen MR) is 54.9 cm³/mol. The second-order valence-corrected chi connectivity index (χ2v) is 3.91. The Labute approximate surface area is 85.1 Å². The Balaban J connectivity index is 2.34. The van der Waals surface area contributed by atoms with Crippen molar-refractivity contribution in [3.05, 3.63) is 0 Å². The zero-order valence-corrected chi connectivity index (χ0v) is 8.92. The van der Waals surface area contributed by atoms with Crippen LogP contribution in [0.1, 0.15) is 32.6 Å². The molecule has 82 valence electrons. The van der Waals surface area contributed by atoms with E-state index in [1.165, 1.54) is 0 Å². The number of hydrogen-bond acceptors (Lipinski definition) is 3. The first kappa shape index (κ1) is 11.5. The largest absolute Gasteiger partial charge is 0.382 e. The number of rotatable bonds is 6. The van der Waals surface area contributed by atoms with E-state index in [4.69, 9.17) is 0 Å². The van der Waals surface area contributed by atoms with Crippen molar-refractivity contribution < 1.29 is 9.90 Å². The van der Waals surface area contributed by atoms with Gasteiger partial charge in [0.15, 0.2) is 0 Å². The van der Waals surface area contributed by atoms with E-state index in [0.717, 1.165) is 25.7 Å². The fourth-order valence-electron chi connectivity index (χ4n) is 1.47. The summed E-state index contributed by atoms with van der Waals surface area (Å²) in [5.41, 5.74) is 0. The number of hydrogen-bond donors (Lipinski definition) is 3. The number of likely N-dealkylation sites (N-methyl/N-ethyl adjacent to an activating group) is 1. The minimum Gasteiger partial charge on any atom is -0.382 e. The molecule has 0 radical (unpaired) electrons. The van der Waals surface area contributed by atoms with Crippen molar-refractivity contribution >= 4 is 5.91 Å². The van der Waals surface area contributed by atoms with Gasteiger partial charge in [-0.05, 0) is 26.3 Å². The number of carbonyl (C=O) groups is 1. The van der Waals surface area contributed by atoms with Crippen LogP contribution in [0.2, 0.25) is 0 Å². The zero-order valence-electron chi connectivity index (χ0n) is 8.92. The van der Waals surface area contributed by atoms with Gasteiger partial charge in [-0.2, -0.15) is 0 Å². The first-order valence-electron chi connectivity index (χ1n) is 5.34. The summed E-state index contributed by atoms with van der Waals surface area (Å²) in [5.74, 6) is -0.236. The fourth-order valence-corrected chi connectivity index (χ4v) is 1.47. The predicted octanol–water partition coefficient (Wildman–Crippen LogP) is 0.0140. The van der Waals surface area contributed by atoms with Crippen LogP contribution in [-0.2, 0) is 4.79 Å². The Kier molecular flexibility index (Phi) is 4.35. The number of amides is 1. The van der Waals surface area contributed by atoms with Crippen LogP contribution in [0.3, 0.4) is 0 Å². The molecule has 0 aromatic rings. The van der Waals surface area contributed by atoms with Crippen LogP contribution in [0, 0.1) is 0 Å². The molecule has 0 bridgehead atoms. The van der Waals surface area contributed by atoms with Gasteiger partial charge in [-0.1, -0.05) is 13.3 Å². The summed E-state index contributed by atoms with van der Waals surface area (Å²) in [6, 6.07) is 0.190. The Hall–Kier alpha value is -0.610. The van der Waals surface area contributed by atoms with Crippen molar-refractivity contribution in [1.29, 1.82) is 0 Å². The Morgan fingerprint density at radius 2 is 2.21 bits per heavy atom. The van der Waals surface area contributed by atoms with Gasteiger partial charge in [0.25, 0.3) is 5.91 Å². The summed E-state index contributed by atoms with van der Waals surface area (Å²) in [7, 11) is 1.77. The van der Waals surface area contributed by atoms with Gasteiger partial charge in [-0.3, -0.25) is 4.79 Å². The second-order valence-electron chi connectivity index (χ2n) is 3.91. The van der Waals surface area contributed by atoms with E-state index >= 15 is 0 Å². The smallest absolute Gasteiger partial charge is 0.250 e. The molecule has 0 spiro atoms. The maximum Gasteiger partial charge on any atom is 0.250 e. The molecule has 1 fully saturated rings. The monoisotopic (exact) mass is 200 g/mol. The van der Waals surface area contributed by atoms with Crippen LogP contribution >= 0.6 is 0 Å². The molecule has 1 aliphatic carbocycles. The fraction of sp³-hybridized carbons (Fsp3) is 0.900. The van der Waals surface area contributed by atoms with E-state index in [0.29, 0.717) is 6.04 Å². The normalized spacial score (nSPS) is 20.2. The van der Waals surface area contributed by atoms with Gasteiger partial charge in [-0.15, -0.1) is 0 Å². The van der Waals surface area contributed by atoms with Crippen molar-refractivity contribution in [2.45, 2.75) is 50.8 Å². The van der Waals surface area contributed by atoms with Crippen molar-refractivity contribution in [1.82, 2.24) is 10.6 Å². The highest BCUT2D eigenvalue weighted by Gasteiger charge is 2.29. The molecule has 4 nitrogen and oxygen atoms in total. The molecule has 1 saturated carbocycles. The molecule has 14 heavy (non-hydrogen) atoms. The molecular formula is C10H20N2O2. The van der Waals surface area contributed by atoms with Crippen LogP contribution in [0.4, 0.5) is 0 Å². The zero-order chi connectivity index (χ0) is 10.6. The average Bonchev–Trinajstić information content (AvgIpc) is 2.96. The minimum absolute atomic E-state index is 0.126. The lowest BCUT2D eigenvalue weighted by atomic mass is 10.1. The van der Waals surface area contributed by atoms with Crippen molar-refractivity contribution in [3.63, 3.8) is 0 Å². The molecule has 0 aliphatic heterocycles. The molecule has 4 heteroatoms. The van der Waals surface area contributed by atoms with Gasteiger partial charge >= 0.3 is 0 Å². The number of aliphatic hydroxyl groups excluding tert-OH is 1. The second kappa shape index (κ2) is 5.32. The molecule has 0 aromatic carbocycles. The molecule has 1 aliphatic rings. The summed E-state index contributed by atoms with van der Waals surface area (Å²) in [6.07, 6.45) is 2.96. The standard InChI is InChI=1S/C10H20N2O2/c1-3-4-8(11-2)9(13)10(14)12-7-5-6-7/h7-9,11,13H,3-6H2,1-2H3,(H,12,14)/t8-,9-/m0/s1. The Morgan fingerprint density at radius 3 is 2.64 bits per heavy atom. The minimum atomic E-state index is -0.916. The molecule has 1 rings (SSSR count). The van der Waals surface area contributed by atoms with Crippen molar-refractivity contribution in [3.8, 4) is 0 Å². The van der Waals surface area contributed by atoms with Gasteiger partial charge in [0.2, 0.25) is 0 Å². The number of carbonyl (C=O) groups excluding carboxylic acids is 1. The van der Waals surface area contributed by atoms with E-state index in [2.05, 4.69) is 10.6 Å². The van der Waals surface area contributed by atoms with Gasteiger partial charge < -0.3 is 15.7 Å². The van der Waals surface area contributed by atoms with Crippen molar-refractivity contribution in [2.24, 2.45) is 0 Å². The van der Waals surface area contributed by atoms with E-state index < -0.39 is 6.10 Å². The summed E-state index contributed by atoms with van der Waals surface area (Å²) in [6.45, 7) is 2.04. The Bertz CT molecular complexity index is 193. The van der Waals surface area contributed by atoms with Gasteiger partial charge in [0, 0.05) is 12.1 Å². The van der Waals surface area contributed by atoms with Crippen molar-refractivity contribution in [2.75, 3.05) is 7.05 Å². The average molecular weight is 200 g/mol. The van der Waals surface area contributed by atoms with Gasteiger partial charge in [0.05, 0.1) is 0 Å². The van der Waals surface area contributed by atoms with Crippen LogP contribution in [0.5, 0.6) is 0 Å². The third kappa shape index (κ3) is 3.27. The highest BCUT2D eigenvalue weighted by atomic mass is 16.3.